The van der Waals surface area contributed by atoms with Gasteiger partial charge in [0.15, 0.2) is 5.78 Å². The van der Waals surface area contributed by atoms with Gasteiger partial charge in [0.05, 0.1) is 17.4 Å². The molecule has 8 heteroatoms. The molecule has 0 unspecified atom stereocenters. The maximum Gasteiger partial charge on any atom is 0.264 e. The van der Waals surface area contributed by atoms with Crippen molar-refractivity contribution in [2.75, 3.05) is 23.9 Å². The van der Waals surface area contributed by atoms with Crippen molar-refractivity contribution in [1.29, 1.82) is 0 Å². The predicted molar refractivity (Wildman–Crippen MR) is 109 cm³/mol. The lowest BCUT2D eigenvalue weighted by Gasteiger charge is -2.30. The molecule has 1 aromatic carbocycles. The largest absolute Gasteiger partial charge is 0.346 e. The minimum atomic E-state index is -2.41. The van der Waals surface area contributed by atoms with Crippen LogP contribution in [0.3, 0.4) is 0 Å². The Morgan fingerprint density at radius 1 is 1.10 bits per heavy atom. The van der Waals surface area contributed by atoms with E-state index in [1.54, 1.807) is 24.3 Å². The number of fused-ring (bicyclic) bond motifs is 1. The lowest BCUT2D eigenvalue weighted by atomic mass is 9.87. The molecular weight excluding hydrogens is 372 g/mol. The Morgan fingerprint density at radius 3 is 2.07 bits per heavy atom. The molecule has 29 heavy (non-hydrogen) atoms. The average molecular weight is 400 g/mol. The Hall–Kier alpha value is -2.74. The Bertz CT molecular complexity index is 806. The number of benzene rings is 1. The molecular formula is C21H28N4O4. The summed E-state index contributed by atoms with van der Waals surface area (Å²) in [4.78, 5) is 54.2. The van der Waals surface area contributed by atoms with Crippen LogP contribution in [-0.2, 0) is 19.2 Å². The highest BCUT2D eigenvalue weighted by atomic mass is 16.2. The minimum Gasteiger partial charge on any atom is -0.346 e. The van der Waals surface area contributed by atoms with Gasteiger partial charge in [-0.05, 0) is 37.8 Å². The van der Waals surface area contributed by atoms with Crippen LogP contribution in [0.5, 0.6) is 0 Å². The molecule has 1 aliphatic carbocycles. The van der Waals surface area contributed by atoms with Crippen molar-refractivity contribution >= 4 is 34.9 Å². The average Bonchev–Trinajstić information content (AvgIpc) is 3.21. The zero-order valence-electron chi connectivity index (χ0n) is 17.1. The van der Waals surface area contributed by atoms with Gasteiger partial charge in [-0.15, -0.1) is 0 Å². The first-order valence-electron chi connectivity index (χ1n) is 9.95. The summed E-state index contributed by atoms with van der Waals surface area (Å²) in [7, 11) is 2.96. The topological polar surface area (TPSA) is 113 Å². The van der Waals surface area contributed by atoms with Gasteiger partial charge in [-0.2, -0.15) is 0 Å². The van der Waals surface area contributed by atoms with Crippen LogP contribution in [-0.4, -0.2) is 49.2 Å². The van der Waals surface area contributed by atoms with E-state index in [2.05, 4.69) is 5.32 Å². The van der Waals surface area contributed by atoms with E-state index in [4.69, 9.17) is 5.73 Å². The summed E-state index contributed by atoms with van der Waals surface area (Å²) in [6.45, 7) is 1.46. The summed E-state index contributed by atoms with van der Waals surface area (Å²) in [5.41, 5.74) is 4.75. The second kappa shape index (κ2) is 7.94. The van der Waals surface area contributed by atoms with Gasteiger partial charge in [-0.3, -0.25) is 19.2 Å². The van der Waals surface area contributed by atoms with Crippen LogP contribution in [0, 0.1) is 5.92 Å². The second-order valence-electron chi connectivity index (χ2n) is 8.03. The number of carbonyl (C=O) groups is 4. The molecule has 1 aliphatic heterocycles. The number of hydrogen-bond donors (Lipinski definition) is 2. The maximum absolute atomic E-state index is 13.2. The first-order valence-corrected chi connectivity index (χ1v) is 9.95. The molecule has 2 aliphatic rings. The van der Waals surface area contributed by atoms with Gasteiger partial charge in [0.25, 0.3) is 11.8 Å². The number of likely N-dealkylation sites (N-methyl/N-ethyl adjacent to an activating group) is 2. The third kappa shape index (κ3) is 3.64. The predicted octanol–water partition coefficient (Wildman–Crippen LogP) is 0.977. The summed E-state index contributed by atoms with van der Waals surface area (Å²) in [6.07, 6.45) is 4.56. The van der Waals surface area contributed by atoms with Gasteiger partial charge in [0, 0.05) is 20.5 Å². The molecule has 1 atom stereocenters. The lowest BCUT2D eigenvalue weighted by molar-refractivity contribution is -0.143. The normalized spacial score (nSPS) is 20.3. The number of amides is 3. The highest BCUT2D eigenvalue weighted by Gasteiger charge is 2.55. The van der Waals surface area contributed by atoms with Gasteiger partial charge >= 0.3 is 0 Å². The molecule has 0 saturated heterocycles. The van der Waals surface area contributed by atoms with Gasteiger partial charge in [-0.25, -0.2) is 0 Å². The highest BCUT2D eigenvalue weighted by Crippen LogP contribution is 2.34. The molecule has 0 bridgehead atoms. The molecule has 0 spiro atoms. The fraction of sp³-hybridized carbons (Fsp3) is 0.524. The van der Waals surface area contributed by atoms with Crippen LogP contribution in [0.1, 0.15) is 39.0 Å². The number of ketones is 1. The number of hydrogen-bond acceptors (Lipinski definition) is 5. The molecule has 156 valence electrons. The molecule has 1 aromatic rings. The summed E-state index contributed by atoms with van der Waals surface area (Å²) >= 11 is 0. The van der Waals surface area contributed by atoms with Crippen LogP contribution < -0.4 is 20.9 Å². The van der Waals surface area contributed by atoms with E-state index in [1.807, 2.05) is 0 Å². The van der Waals surface area contributed by atoms with Gasteiger partial charge in [0.1, 0.15) is 0 Å². The van der Waals surface area contributed by atoms with E-state index in [9.17, 15) is 19.2 Å². The quantitative estimate of drug-likeness (QED) is 0.716. The molecule has 3 amide bonds. The monoisotopic (exact) mass is 400 g/mol. The number of Topliss-reactive ketones (excluding diaryl/α,β-unsaturated/α-hetero) is 1. The van der Waals surface area contributed by atoms with Gasteiger partial charge < -0.3 is 20.9 Å². The fourth-order valence-corrected chi connectivity index (χ4v) is 4.27. The van der Waals surface area contributed by atoms with E-state index >= 15 is 0 Å². The Labute approximate surface area is 170 Å². The third-order valence-electron chi connectivity index (χ3n) is 6.00. The molecule has 3 rings (SSSR count). The zero-order chi connectivity index (χ0) is 21.3. The molecule has 0 aromatic heterocycles. The number of para-hydroxylation sites is 2. The van der Waals surface area contributed by atoms with Crippen molar-refractivity contribution in [2.24, 2.45) is 11.7 Å². The summed E-state index contributed by atoms with van der Waals surface area (Å²) in [5.74, 6) is -2.40. The third-order valence-corrected chi connectivity index (χ3v) is 6.00. The number of nitrogens with two attached hydrogens (primary N) is 1. The first-order chi connectivity index (χ1) is 13.7. The highest BCUT2D eigenvalue weighted by molar-refractivity contribution is 6.36. The van der Waals surface area contributed by atoms with E-state index < -0.39 is 29.2 Å². The molecule has 1 heterocycles. The second-order valence-corrected chi connectivity index (χ2v) is 8.03. The molecule has 1 saturated carbocycles. The van der Waals surface area contributed by atoms with E-state index in [1.165, 1.54) is 30.8 Å². The van der Waals surface area contributed by atoms with E-state index in [0.29, 0.717) is 23.7 Å². The number of nitrogens with zero attached hydrogens (tertiary/aromatic N) is 2. The molecule has 3 N–H and O–H groups in total. The standard InChI is InChI=1S/C21H28N4O4/c1-13(23-17(26)12-14-8-4-5-9-14)18(27)21(22)19(28)24(2)15-10-6-7-11-16(15)25(3)20(21)29/h6-7,10-11,13-14H,4-5,8-9,12,22H2,1-3H3,(H,23,26)/t13-/m0/s1. The minimum absolute atomic E-state index is 0.264. The number of anilines is 2. The maximum atomic E-state index is 13.2. The van der Waals surface area contributed by atoms with Crippen molar-refractivity contribution in [2.45, 2.75) is 50.6 Å². The zero-order valence-corrected chi connectivity index (χ0v) is 17.1. The number of nitrogens with one attached hydrogen (secondary N) is 1. The Kier molecular flexibility index (Phi) is 5.75. The van der Waals surface area contributed by atoms with Crippen molar-refractivity contribution < 1.29 is 19.2 Å². The summed E-state index contributed by atoms with van der Waals surface area (Å²) < 4.78 is 0. The van der Waals surface area contributed by atoms with Crippen molar-refractivity contribution in [3.63, 3.8) is 0 Å². The fourth-order valence-electron chi connectivity index (χ4n) is 4.27. The molecule has 0 radical (unpaired) electrons. The number of carbonyl (C=O) groups excluding carboxylic acids is 4. The Balaban J connectivity index is 1.83. The van der Waals surface area contributed by atoms with Crippen molar-refractivity contribution in [3.05, 3.63) is 24.3 Å². The summed E-state index contributed by atoms with van der Waals surface area (Å²) in [6, 6.07) is 5.76. The molecule has 1 fully saturated rings. The van der Waals surface area contributed by atoms with Gasteiger partial charge in [-0.1, -0.05) is 25.0 Å². The SMILES string of the molecule is C[C@H](NC(=O)CC1CCCC1)C(=O)C1(N)C(=O)N(C)c2ccccc2N(C)C1=O. The van der Waals surface area contributed by atoms with Crippen LogP contribution >= 0.6 is 0 Å². The van der Waals surface area contributed by atoms with Crippen molar-refractivity contribution in [3.8, 4) is 0 Å². The smallest absolute Gasteiger partial charge is 0.264 e. The van der Waals surface area contributed by atoms with Gasteiger partial charge in [0.2, 0.25) is 11.4 Å². The van der Waals surface area contributed by atoms with E-state index in [-0.39, 0.29) is 5.91 Å². The Morgan fingerprint density at radius 2 is 1.59 bits per heavy atom. The molecule has 8 nitrogen and oxygen atoms in total. The van der Waals surface area contributed by atoms with Crippen LogP contribution in [0.4, 0.5) is 11.4 Å². The number of rotatable bonds is 5. The first kappa shape index (κ1) is 21.0. The van der Waals surface area contributed by atoms with E-state index in [0.717, 1.165) is 25.7 Å². The van der Waals surface area contributed by atoms with Crippen molar-refractivity contribution in [1.82, 2.24) is 5.32 Å². The lowest BCUT2D eigenvalue weighted by Crippen LogP contribution is -2.70. The van der Waals surface area contributed by atoms with Crippen LogP contribution in [0.15, 0.2) is 24.3 Å². The van der Waals surface area contributed by atoms with Crippen LogP contribution in [0.25, 0.3) is 0 Å². The van der Waals surface area contributed by atoms with Crippen LogP contribution in [0.2, 0.25) is 0 Å². The summed E-state index contributed by atoms with van der Waals surface area (Å²) in [5, 5.41) is 2.63.